The zero-order valence-electron chi connectivity index (χ0n) is 7.76. The number of rotatable bonds is 3. The first-order valence-corrected chi connectivity index (χ1v) is 4.87. The largest absolute Gasteiger partial charge is 0.293 e. The van der Waals surface area contributed by atoms with Gasteiger partial charge in [-0.2, -0.15) is 0 Å². The Bertz CT molecular complexity index is 359. The Morgan fingerprint density at radius 1 is 1.62 bits per heavy atom. The summed E-state index contributed by atoms with van der Waals surface area (Å²) in [5, 5.41) is 0.932. The number of aryl methyl sites for hydroxylation is 2. The van der Waals surface area contributed by atoms with Gasteiger partial charge in [-0.3, -0.25) is 4.79 Å². The van der Waals surface area contributed by atoms with E-state index < -0.39 is 0 Å². The molecule has 0 unspecified atom stereocenters. The smallest absolute Gasteiger partial charge is 0.175 e. The highest BCUT2D eigenvalue weighted by Crippen LogP contribution is 2.19. The number of nitrogens with zero attached hydrogens (tertiary/aromatic N) is 1. The molecule has 0 aromatic carbocycles. The standard InChI is InChI=1S/C10H11NOS/c1-4-5-6-9(12)10-7(2)11-8(3)13-10/h1H,5-6H2,2-3H3. The SMILES string of the molecule is C#CCCC(=O)c1sc(C)nc1C. The average Bonchev–Trinajstić information content (AvgIpc) is 2.41. The van der Waals surface area contributed by atoms with Crippen molar-refractivity contribution in [3.05, 3.63) is 15.6 Å². The van der Waals surface area contributed by atoms with Gasteiger partial charge in [0.05, 0.1) is 15.6 Å². The predicted octanol–water partition coefficient (Wildman–Crippen LogP) is 2.36. The van der Waals surface area contributed by atoms with Gasteiger partial charge in [-0.25, -0.2) is 4.98 Å². The zero-order valence-corrected chi connectivity index (χ0v) is 8.57. The molecule has 0 spiro atoms. The molecule has 1 heterocycles. The van der Waals surface area contributed by atoms with Crippen LogP contribution in [-0.2, 0) is 0 Å². The Labute approximate surface area is 82.0 Å². The molecule has 0 fully saturated rings. The van der Waals surface area contributed by atoms with Crippen molar-refractivity contribution < 1.29 is 4.79 Å². The van der Waals surface area contributed by atoms with Crippen LogP contribution in [-0.4, -0.2) is 10.8 Å². The first kappa shape index (κ1) is 9.94. The minimum atomic E-state index is 0.112. The highest BCUT2D eigenvalue weighted by Gasteiger charge is 2.12. The van der Waals surface area contributed by atoms with Crippen molar-refractivity contribution >= 4 is 17.1 Å². The molecule has 0 aliphatic carbocycles. The Balaban J connectivity index is 2.78. The van der Waals surface area contributed by atoms with E-state index in [4.69, 9.17) is 6.42 Å². The van der Waals surface area contributed by atoms with Crippen LogP contribution in [0.4, 0.5) is 0 Å². The normalized spacial score (nSPS) is 9.62. The van der Waals surface area contributed by atoms with Crippen molar-refractivity contribution in [1.29, 1.82) is 0 Å². The van der Waals surface area contributed by atoms with E-state index in [1.807, 2.05) is 13.8 Å². The summed E-state index contributed by atoms with van der Waals surface area (Å²) >= 11 is 1.44. The molecule has 68 valence electrons. The van der Waals surface area contributed by atoms with Crippen molar-refractivity contribution in [1.82, 2.24) is 4.98 Å². The van der Waals surface area contributed by atoms with Gasteiger partial charge in [0.1, 0.15) is 0 Å². The fourth-order valence-corrected chi connectivity index (χ4v) is 1.98. The number of thiazole rings is 1. The number of terminal acetylenes is 1. The third-order valence-electron chi connectivity index (χ3n) is 1.65. The van der Waals surface area contributed by atoms with Gasteiger partial charge in [0.2, 0.25) is 0 Å². The van der Waals surface area contributed by atoms with Crippen LogP contribution in [0.15, 0.2) is 0 Å². The van der Waals surface area contributed by atoms with Crippen LogP contribution in [0.1, 0.15) is 33.2 Å². The van der Waals surface area contributed by atoms with Crippen LogP contribution in [0.3, 0.4) is 0 Å². The molecule has 0 amide bonds. The summed E-state index contributed by atoms with van der Waals surface area (Å²) in [4.78, 5) is 16.5. The summed E-state index contributed by atoms with van der Waals surface area (Å²) in [5.74, 6) is 2.57. The monoisotopic (exact) mass is 193 g/mol. The van der Waals surface area contributed by atoms with Crippen molar-refractivity contribution in [2.75, 3.05) is 0 Å². The summed E-state index contributed by atoms with van der Waals surface area (Å²) in [6.45, 7) is 3.75. The molecule has 0 bridgehead atoms. The minimum absolute atomic E-state index is 0.112. The lowest BCUT2D eigenvalue weighted by atomic mass is 10.2. The number of aromatic nitrogens is 1. The lowest BCUT2D eigenvalue weighted by Gasteiger charge is -1.93. The van der Waals surface area contributed by atoms with Crippen molar-refractivity contribution in [2.24, 2.45) is 0 Å². The van der Waals surface area contributed by atoms with Crippen molar-refractivity contribution in [3.8, 4) is 12.3 Å². The number of carbonyl (C=O) groups excluding carboxylic acids is 1. The molecule has 0 N–H and O–H groups in total. The quantitative estimate of drug-likeness (QED) is 0.545. The molecule has 2 nitrogen and oxygen atoms in total. The molecule has 1 rings (SSSR count). The summed E-state index contributed by atoms with van der Waals surface area (Å²) < 4.78 is 0. The Morgan fingerprint density at radius 2 is 2.31 bits per heavy atom. The molecule has 1 aromatic heterocycles. The van der Waals surface area contributed by atoms with Crippen LogP contribution < -0.4 is 0 Å². The van der Waals surface area contributed by atoms with Crippen LogP contribution in [0.25, 0.3) is 0 Å². The van der Waals surface area contributed by atoms with Gasteiger partial charge in [0, 0.05) is 12.8 Å². The maximum absolute atomic E-state index is 11.5. The van der Waals surface area contributed by atoms with Crippen LogP contribution in [0.5, 0.6) is 0 Å². The number of hydrogen-bond donors (Lipinski definition) is 0. The molecular weight excluding hydrogens is 182 g/mol. The van der Waals surface area contributed by atoms with Crippen LogP contribution in [0, 0.1) is 26.2 Å². The summed E-state index contributed by atoms with van der Waals surface area (Å²) in [6.07, 6.45) is 6.02. The van der Waals surface area contributed by atoms with E-state index in [-0.39, 0.29) is 5.78 Å². The fourth-order valence-electron chi connectivity index (χ4n) is 1.09. The molecular formula is C10H11NOS. The molecule has 0 saturated heterocycles. The zero-order chi connectivity index (χ0) is 9.84. The highest BCUT2D eigenvalue weighted by molar-refractivity contribution is 7.13. The van der Waals surface area contributed by atoms with E-state index in [0.29, 0.717) is 12.8 Å². The molecule has 0 radical (unpaired) electrons. The molecule has 3 heteroatoms. The van der Waals surface area contributed by atoms with Crippen LogP contribution >= 0.6 is 11.3 Å². The van der Waals surface area contributed by atoms with E-state index in [1.165, 1.54) is 11.3 Å². The molecule has 1 aromatic rings. The fraction of sp³-hybridized carbons (Fsp3) is 0.400. The van der Waals surface area contributed by atoms with Gasteiger partial charge in [-0.1, -0.05) is 0 Å². The van der Waals surface area contributed by atoms with Gasteiger partial charge in [-0.15, -0.1) is 23.7 Å². The second-order valence-corrected chi connectivity index (χ2v) is 3.98. The van der Waals surface area contributed by atoms with E-state index in [2.05, 4.69) is 10.9 Å². The van der Waals surface area contributed by atoms with E-state index >= 15 is 0 Å². The Kier molecular flexibility index (Phi) is 3.21. The van der Waals surface area contributed by atoms with Crippen molar-refractivity contribution in [2.45, 2.75) is 26.7 Å². The first-order chi connectivity index (χ1) is 6.15. The number of ketones is 1. The predicted molar refractivity (Wildman–Crippen MR) is 54.0 cm³/mol. The first-order valence-electron chi connectivity index (χ1n) is 4.06. The molecule has 0 atom stereocenters. The van der Waals surface area contributed by atoms with Gasteiger partial charge in [0.25, 0.3) is 0 Å². The highest BCUT2D eigenvalue weighted by atomic mass is 32.1. The lowest BCUT2D eigenvalue weighted by Crippen LogP contribution is -1.97. The Hall–Kier alpha value is -1.14. The molecule has 0 aliphatic rings. The number of hydrogen-bond acceptors (Lipinski definition) is 3. The maximum atomic E-state index is 11.5. The van der Waals surface area contributed by atoms with E-state index in [9.17, 15) is 4.79 Å². The summed E-state index contributed by atoms with van der Waals surface area (Å²) in [5.41, 5.74) is 0.824. The minimum Gasteiger partial charge on any atom is -0.293 e. The maximum Gasteiger partial charge on any atom is 0.175 e. The lowest BCUT2D eigenvalue weighted by molar-refractivity contribution is 0.0987. The van der Waals surface area contributed by atoms with E-state index in [0.717, 1.165) is 15.6 Å². The van der Waals surface area contributed by atoms with Crippen LogP contribution in [0.2, 0.25) is 0 Å². The van der Waals surface area contributed by atoms with Gasteiger partial charge < -0.3 is 0 Å². The van der Waals surface area contributed by atoms with E-state index in [1.54, 1.807) is 0 Å². The topological polar surface area (TPSA) is 30.0 Å². The van der Waals surface area contributed by atoms with Gasteiger partial charge in [0.15, 0.2) is 5.78 Å². The molecule has 0 aliphatic heterocycles. The van der Waals surface area contributed by atoms with Crippen molar-refractivity contribution in [3.63, 3.8) is 0 Å². The number of carbonyl (C=O) groups is 1. The average molecular weight is 193 g/mol. The molecule has 13 heavy (non-hydrogen) atoms. The third-order valence-corrected chi connectivity index (χ3v) is 2.77. The molecule has 0 saturated carbocycles. The second-order valence-electron chi connectivity index (χ2n) is 2.77. The Morgan fingerprint density at radius 3 is 2.77 bits per heavy atom. The second kappa shape index (κ2) is 4.20. The third kappa shape index (κ3) is 2.40. The van der Waals surface area contributed by atoms with Gasteiger partial charge in [-0.05, 0) is 13.8 Å². The van der Waals surface area contributed by atoms with Gasteiger partial charge >= 0.3 is 0 Å². The summed E-state index contributed by atoms with van der Waals surface area (Å²) in [7, 11) is 0. The summed E-state index contributed by atoms with van der Waals surface area (Å²) in [6, 6.07) is 0. The number of Topliss-reactive ketones (excluding diaryl/α,β-unsaturated/α-hetero) is 1.